The van der Waals surface area contributed by atoms with Crippen molar-refractivity contribution >= 4 is 65.4 Å². The van der Waals surface area contributed by atoms with Crippen LogP contribution in [0.3, 0.4) is 0 Å². The molecule has 0 spiro atoms. The summed E-state index contributed by atoms with van der Waals surface area (Å²) >= 11 is 0. The van der Waals surface area contributed by atoms with Gasteiger partial charge in [-0.1, -0.05) is 158 Å². The van der Waals surface area contributed by atoms with Crippen LogP contribution < -0.4 is 0 Å². The minimum Gasteiger partial charge on any atom is -0.307 e. The van der Waals surface area contributed by atoms with Crippen molar-refractivity contribution < 1.29 is 0 Å². The van der Waals surface area contributed by atoms with E-state index in [4.69, 9.17) is 0 Å². The molecule has 3 heterocycles. The maximum absolute atomic E-state index is 12.1. The Morgan fingerprint density at radius 1 is 0.306 bits per heavy atom. The molecule has 0 bridgehead atoms. The summed E-state index contributed by atoms with van der Waals surface area (Å²) in [6.07, 6.45) is 0. The van der Waals surface area contributed by atoms with Crippen LogP contribution in [-0.2, 0) is 0 Å². The Hall–Kier alpha value is -8.64. The summed E-state index contributed by atoms with van der Waals surface area (Å²) in [5.41, 5.74) is 14.2. The summed E-state index contributed by atoms with van der Waals surface area (Å²) in [5, 5.41) is 30.7. The van der Waals surface area contributed by atoms with E-state index < -0.39 is 0 Å². The van der Waals surface area contributed by atoms with Crippen molar-refractivity contribution in [1.29, 1.82) is 10.5 Å². The van der Waals surface area contributed by atoms with Gasteiger partial charge in [-0.2, -0.15) is 10.5 Å². The summed E-state index contributed by atoms with van der Waals surface area (Å²) in [7, 11) is 0. The molecule has 0 fully saturated rings. The van der Waals surface area contributed by atoms with Crippen molar-refractivity contribution in [3.05, 3.63) is 222 Å². The van der Waals surface area contributed by atoms with Gasteiger partial charge >= 0.3 is 0 Å². The quantitative estimate of drug-likeness (QED) is 0.178. The highest BCUT2D eigenvalue weighted by Crippen LogP contribution is 2.54. The highest BCUT2D eigenvalue weighted by molar-refractivity contribution is 6.14. The molecule has 0 atom stereocenters. The van der Waals surface area contributed by atoms with Crippen molar-refractivity contribution in [3.8, 4) is 40.3 Å². The van der Waals surface area contributed by atoms with E-state index in [1.54, 1.807) is 0 Å². The van der Waals surface area contributed by atoms with Crippen molar-refractivity contribution in [3.63, 3.8) is 0 Å². The molecule has 0 radical (unpaired) electrons. The van der Waals surface area contributed by atoms with E-state index in [1.807, 2.05) is 12.1 Å². The Labute approximate surface area is 356 Å². The number of nitriles is 2. The van der Waals surface area contributed by atoms with Crippen molar-refractivity contribution in [2.45, 2.75) is 5.92 Å². The topological polar surface area (TPSA) is 62.4 Å². The first-order valence-corrected chi connectivity index (χ1v) is 20.9. The third-order valence-electron chi connectivity index (χ3n) is 13.2. The van der Waals surface area contributed by atoms with Gasteiger partial charge in [0.15, 0.2) is 0 Å². The standard InChI is InChI=1S/C57H33N5/c58-33-45-54(53-43-25-3-1-17-35(43)36-18-2-4-26-44(36)53)57(62-51-31-15-9-23-41(51)42-24-10-16-32-52(42)62)56(61-49-29-13-7-21-39(49)40-22-8-14-30-50(40)61)46(34-59)55(45)60-47-27-11-5-19-37(47)38-20-6-12-28-48(38)60/h1-32,53H. The first-order chi connectivity index (χ1) is 30.8. The minimum atomic E-state index is -0.363. The lowest BCUT2D eigenvalue weighted by Gasteiger charge is -2.29. The molecule has 5 nitrogen and oxygen atoms in total. The van der Waals surface area contributed by atoms with Crippen molar-refractivity contribution in [2.24, 2.45) is 0 Å². The van der Waals surface area contributed by atoms with Gasteiger partial charge in [0.05, 0.1) is 55.7 Å². The van der Waals surface area contributed by atoms with Gasteiger partial charge < -0.3 is 13.7 Å². The monoisotopic (exact) mass is 787 g/mol. The number of nitrogens with zero attached hydrogens (tertiary/aromatic N) is 5. The maximum Gasteiger partial charge on any atom is 0.104 e. The number of para-hydroxylation sites is 6. The third kappa shape index (κ3) is 4.44. The van der Waals surface area contributed by atoms with Gasteiger partial charge in [-0.25, -0.2) is 0 Å². The van der Waals surface area contributed by atoms with E-state index >= 15 is 0 Å². The molecule has 0 saturated carbocycles. The second-order valence-electron chi connectivity index (χ2n) is 16.1. The average molecular weight is 788 g/mol. The van der Waals surface area contributed by atoms with Gasteiger partial charge in [0.2, 0.25) is 0 Å². The predicted molar refractivity (Wildman–Crippen MR) is 252 cm³/mol. The van der Waals surface area contributed by atoms with Crippen LogP contribution in [0.2, 0.25) is 0 Å². The van der Waals surface area contributed by atoms with Gasteiger partial charge in [-0.15, -0.1) is 0 Å². The molecular formula is C57H33N5. The normalized spacial score (nSPS) is 12.4. The highest BCUT2D eigenvalue weighted by atomic mass is 15.1. The molecule has 12 aromatic rings. The van der Waals surface area contributed by atoms with Gasteiger partial charge in [0.1, 0.15) is 17.7 Å². The molecule has 62 heavy (non-hydrogen) atoms. The Bertz CT molecular complexity index is 3770. The largest absolute Gasteiger partial charge is 0.307 e. The molecule has 0 aliphatic heterocycles. The zero-order chi connectivity index (χ0) is 41.1. The van der Waals surface area contributed by atoms with E-state index in [-0.39, 0.29) is 5.92 Å². The van der Waals surface area contributed by atoms with E-state index in [1.165, 1.54) is 0 Å². The molecule has 0 N–H and O–H groups in total. The molecule has 1 aliphatic carbocycles. The zero-order valence-corrected chi connectivity index (χ0v) is 33.3. The summed E-state index contributed by atoms with van der Waals surface area (Å²) in [4.78, 5) is 0. The Morgan fingerprint density at radius 2 is 0.597 bits per heavy atom. The fourth-order valence-corrected chi connectivity index (χ4v) is 10.9. The van der Waals surface area contributed by atoms with Crippen molar-refractivity contribution in [2.75, 3.05) is 0 Å². The second-order valence-corrected chi connectivity index (χ2v) is 16.1. The minimum absolute atomic E-state index is 0.363. The van der Waals surface area contributed by atoms with Gasteiger partial charge in [-0.3, -0.25) is 0 Å². The van der Waals surface area contributed by atoms with Crippen LogP contribution in [0.1, 0.15) is 33.7 Å². The number of hydrogen-bond acceptors (Lipinski definition) is 2. The van der Waals surface area contributed by atoms with Gasteiger partial charge in [-0.05, 0) is 58.7 Å². The maximum atomic E-state index is 12.1. The summed E-state index contributed by atoms with van der Waals surface area (Å²) in [6, 6.07) is 73.6. The highest BCUT2D eigenvalue weighted by Gasteiger charge is 2.39. The first-order valence-electron chi connectivity index (χ1n) is 20.9. The van der Waals surface area contributed by atoms with Crippen LogP contribution in [0.4, 0.5) is 0 Å². The Kier molecular flexibility index (Phi) is 7.14. The third-order valence-corrected chi connectivity index (χ3v) is 13.2. The predicted octanol–water partition coefficient (Wildman–Crippen LogP) is 13.9. The van der Waals surface area contributed by atoms with Crippen molar-refractivity contribution in [1.82, 2.24) is 13.7 Å². The van der Waals surface area contributed by atoms with Crippen LogP contribution in [-0.4, -0.2) is 13.7 Å². The van der Waals surface area contributed by atoms with Crippen LogP contribution in [0.5, 0.6) is 0 Å². The molecule has 9 aromatic carbocycles. The molecule has 286 valence electrons. The molecule has 5 heteroatoms. The second kappa shape index (κ2) is 12.9. The van der Waals surface area contributed by atoms with Crippen LogP contribution in [0, 0.1) is 22.7 Å². The SMILES string of the molecule is N#Cc1c(C2c3ccccc3-c3ccccc32)c(-n2c3ccccc3c3ccccc32)c(-n2c3ccccc3c3ccccc32)c(C#N)c1-n1c2ccccc2c2ccccc21. The fourth-order valence-electron chi connectivity index (χ4n) is 10.9. The van der Waals surface area contributed by atoms with Gasteiger partial charge in [0.25, 0.3) is 0 Å². The van der Waals surface area contributed by atoms with Gasteiger partial charge in [0, 0.05) is 43.8 Å². The number of rotatable bonds is 4. The number of benzene rings is 9. The van der Waals surface area contributed by atoms with E-state index in [2.05, 4.69) is 208 Å². The molecule has 0 amide bonds. The molecule has 0 unspecified atom stereocenters. The molecule has 1 aliphatic rings. The Balaban J connectivity index is 1.37. The molecule has 3 aromatic heterocycles. The first kappa shape index (κ1) is 34.2. The summed E-state index contributed by atoms with van der Waals surface area (Å²) in [6.45, 7) is 0. The molecule has 13 rings (SSSR count). The lowest BCUT2D eigenvalue weighted by atomic mass is 9.82. The van der Waals surface area contributed by atoms with Crippen LogP contribution in [0.25, 0.3) is 93.6 Å². The molecule has 0 saturated heterocycles. The summed E-state index contributed by atoms with van der Waals surface area (Å²) < 4.78 is 6.84. The van der Waals surface area contributed by atoms with E-state index in [0.29, 0.717) is 16.8 Å². The lowest BCUT2D eigenvalue weighted by molar-refractivity contribution is 0.949. The zero-order valence-electron chi connectivity index (χ0n) is 33.3. The fraction of sp³-hybridized carbons (Fsp3) is 0.0175. The number of hydrogen-bond donors (Lipinski definition) is 0. The van der Waals surface area contributed by atoms with Crippen LogP contribution in [0.15, 0.2) is 194 Å². The number of fused-ring (bicyclic) bond motifs is 12. The Morgan fingerprint density at radius 3 is 0.952 bits per heavy atom. The smallest absolute Gasteiger partial charge is 0.104 e. The van der Waals surface area contributed by atoms with Crippen LogP contribution >= 0.6 is 0 Å². The summed E-state index contributed by atoms with van der Waals surface area (Å²) in [5.74, 6) is -0.363. The molecular weight excluding hydrogens is 755 g/mol. The van der Waals surface area contributed by atoms with E-state index in [9.17, 15) is 10.5 Å². The van der Waals surface area contributed by atoms with E-state index in [0.717, 1.165) is 105 Å². The number of aromatic nitrogens is 3. The average Bonchev–Trinajstić information content (AvgIpc) is 4.06. The lowest BCUT2D eigenvalue weighted by Crippen LogP contribution is -2.18.